The highest BCUT2D eigenvalue weighted by Gasteiger charge is 2.34. The summed E-state index contributed by atoms with van der Waals surface area (Å²) in [5, 5.41) is 11.0. The van der Waals surface area contributed by atoms with Crippen molar-refractivity contribution in [3.63, 3.8) is 0 Å². The Morgan fingerprint density at radius 3 is 2.45 bits per heavy atom. The Morgan fingerprint density at radius 1 is 1.07 bits per heavy atom. The third kappa shape index (κ3) is 4.74. The van der Waals surface area contributed by atoms with Gasteiger partial charge >= 0.3 is 0 Å². The molecule has 9 nitrogen and oxygen atoms in total. The highest BCUT2D eigenvalue weighted by Crippen LogP contribution is 2.36. The summed E-state index contributed by atoms with van der Waals surface area (Å²) in [6, 6.07) is 11.6. The van der Waals surface area contributed by atoms with E-state index in [4.69, 9.17) is 9.47 Å². The number of aromatic nitrogens is 3. The smallest absolute Gasteiger partial charge is 0.275 e. The number of para-hydroxylation sites is 1. The quantitative estimate of drug-likeness (QED) is 0.384. The van der Waals surface area contributed by atoms with E-state index >= 15 is 0 Å². The van der Waals surface area contributed by atoms with Gasteiger partial charge < -0.3 is 19.5 Å². The lowest BCUT2D eigenvalue weighted by Gasteiger charge is -2.21. The minimum atomic E-state index is -0.846. The molecule has 1 saturated heterocycles. The number of ether oxygens (including phenoxy) is 2. The number of rotatable bonds is 6. The van der Waals surface area contributed by atoms with E-state index < -0.39 is 40.5 Å². The average molecular weight is 549 g/mol. The third-order valence-electron chi connectivity index (χ3n) is 6.94. The van der Waals surface area contributed by atoms with E-state index in [-0.39, 0.29) is 41.7 Å². The fourth-order valence-electron chi connectivity index (χ4n) is 5.02. The molecular formula is C29H26F2N4O5. The summed E-state index contributed by atoms with van der Waals surface area (Å²) in [5.41, 5.74) is 0.166. The van der Waals surface area contributed by atoms with Gasteiger partial charge in [-0.05, 0) is 49.2 Å². The van der Waals surface area contributed by atoms with Crippen molar-refractivity contribution in [3.05, 3.63) is 93.5 Å². The molecule has 4 aromatic rings. The molecule has 1 unspecified atom stereocenters. The number of likely N-dealkylation sites (tertiary alicyclic amines) is 1. The second kappa shape index (κ2) is 10.8. The Bertz CT molecular complexity index is 1650. The van der Waals surface area contributed by atoms with E-state index in [0.717, 1.165) is 12.1 Å². The Balaban J connectivity index is 1.65. The molecule has 0 aliphatic carbocycles. The van der Waals surface area contributed by atoms with Gasteiger partial charge in [-0.15, -0.1) is 0 Å². The second-order valence-corrected chi connectivity index (χ2v) is 9.37. The average Bonchev–Trinajstić information content (AvgIpc) is 3.42. The first-order valence-electron chi connectivity index (χ1n) is 12.5. The SMILES string of the molecule is COc1cccc(OC)c1-n1c(-c2ccnc(C)c2)nc(O)c(C(=O)N2CCC(c3ccc(F)cc3F)C2)c1=O. The fourth-order valence-corrected chi connectivity index (χ4v) is 5.02. The lowest BCUT2D eigenvalue weighted by molar-refractivity contribution is 0.0784. The predicted octanol–water partition coefficient (Wildman–Crippen LogP) is 4.23. The van der Waals surface area contributed by atoms with Gasteiger partial charge in [-0.3, -0.25) is 19.1 Å². The van der Waals surface area contributed by atoms with Crippen LogP contribution in [0.3, 0.4) is 0 Å². The first kappa shape index (κ1) is 26.8. The number of halogens is 2. The molecule has 11 heteroatoms. The molecule has 3 heterocycles. The van der Waals surface area contributed by atoms with Gasteiger partial charge in [0.1, 0.15) is 28.8 Å². The summed E-state index contributed by atoms with van der Waals surface area (Å²) >= 11 is 0. The van der Waals surface area contributed by atoms with Crippen LogP contribution in [-0.4, -0.2) is 57.8 Å². The van der Waals surface area contributed by atoms with Crippen molar-refractivity contribution in [1.82, 2.24) is 19.4 Å². The van der Waals surface area contributed by atoms with Crippen LogP contribution in [0.4, 0.5) is 8.78 Å². The lowest BCUT2D eigenvalue weighted by Crippen LogP contribution is -2.36. The summed E-state index contributed by atoms with van der Waals surface area (Å²) < 4.78 is 40.1. The maximum Gasteiger partial charge on any atom is 0.275 e. The van der Waals surface area contributed by atoms with Gasteiger partial charge in [0, 0.05) is 42.5 Å². The summed E-state index contributed by atoms with van der Waals surface area (Å²) in [5.74, 6) is -2.73. The van der Waals surface area contributed by atoms with Gasteiger partial charge in [-0.25, -0.2) is 8.78 Å². The molecule has 206 valence electrons. The Kier molecular flexibility index (Phi) is 7.20. The van der Waals surface area contributed by atoms with Crippen LogP contribution in [-0.2, 0) is 0 Å². The monoisotopic (exact) mass is 548 g/mol. The number of methoxy groups -OCH3 is 2. The van der Waals surface area contributed by atoms with Crippen LogP contribution in [0, 0.1) is 18.6 Å². The molecule has 1 atom stereocenters. The van der Waals surface area contributed by atoms with Crippen molar-refractivity contribution in [3.8, 4) is 34.5 Å². The Hall–Kier alpha value is -4.80. The molecule has 1 aliphatic rings. The molecule has 2 aromatic carbocycles. The van der Waals surface area contributed by atoms with Crippen molar-refractivity contribution in [2.24, 2.45) is 0 Å². The van der Waals surface area contributed by atoms with Crippen molar-refractivity contribution >= 4 is 5.91 Å². The number of hydrogen-bond donors (Lipinski definition) is 1. The molecule has 0 radical (unpaired) electrons. The Labute approximate surface area is 228 Å². The number of benzene rings is 2. The molecule has 0 spiro atoms. The van der Waals surface area contributed by atoms with Crippen molar-refractivity contribution in [2.75, 3.05) is 27.3 Å². The lowest BCUT2D eigenvalue weighted by atomic mass is 9.98. The second-order valence-electron chi connectivity index (χ2n) is 9.37. The number of carbonyl (C=O) groups is 1. The largest absolute Gasteiger partial charge is 0.494 e. The van der Waals surface area contributed by atoms with E-state index in [1.165, 1.54) is 35.9 Å². The van der Waals surface area contributed by atoms with Gasteiger partial charge in [0.15, 0.2) is 11.4 Å². The van der Waals surface area contributed by atoms with Crippen molar-refractivity contribution in [1.29, 1.82) is 0 Å². The molecule has 1 amide bonds. The van der Waals surface area contributed by atoms with Crippen LogP contribution in [0.5, 0.6) is 17.4 Å². The van der Waals surface area contributed by atoms with Crippen molar-refractivity contribution in [2.45, 2.75) is 19.3 Å². The first-order valence-corrected chi connectivity index (χ1v) is 12.5. The van der Waals surface area contributed by atoms with Crippen molar-refractivity contribution < 1.29 is 28.2 Å². The number of aromatic hydroxyl groups is 1. The van der Waals surface area contributed by atoms with E-state index in [9.17, 15) is 23.5 Å². The summed E-state index contributed by atoms with van der Waals surface area (Å²) in [4.78, 5) is 37.7. The molecule has 0 bridgehead atoms. The predicted molar refractivity (Wildman–Crippen MR) is 142 cm³/mol. The molecular weight excluding hydrogens is 522 g/mol. The molecule has 2 aromatic heterocycles. The number of pyridine rings is 1. The van der Waals surface area contributed by atoms with E-state index in [1.807, 2.05) is 0 Å². The topological polar surface area (TPSA) is 107 Å². The number of amides is 1. The standard InChI is InChI=1S/C29H26F2N4O5/c1-16-13-17(9-11-32-16)26-33-27(36)24(29(38)35(26)25-22(39-2)5-4-6-23(25)40-3)28(37)34-12-10-18(15-34)20-8-7-19(30)14-21(20)31/h4-9,11,13-14,18,36H,10,12,15H2,1-3H3. The maximum absolute atomic E-state index is 14.4. The molecule has 1 N–H and O–H groups in total. The highest BCUT2D eigenvalue weighted by molar-refractivity contribution is 5.96. The van der Waals surface area contributed by atoms with E-state index in [0.29, 0.717) is 17.7 Å². The van der Waals surface area contributed by atoms with E-state index in [1.54, 1.807) is 37.3 Å². The van der Waals surface area contributed by atoms with Crippen LogP contribution < -0.4 is 15.0 Å². The number of hydrogen-bond acceptors (Lipinski definition) is 7. The van der Waals surface area contributed by atoms with Gasteiger partial charge in [0.25, 0.3) is 11.5 Å². The summed E-state index contributed by atoms with van der Waals surface area (Å²) in [6.45, 7) is 2.03. The fraction of sp³-hybridized carbons (Fsp3) is 0.241. The normalized spacial score (nSPS) is 14.8. The zero-order chi connectivity index (χ0) is 28.6. The van der Waals surface area contributed by atoms with Crippen LogP contribution in [0.25, 0.3) is 17.1 Å². The number of nitrogens with zero attached hydrogens (tertiary/aromatic N) is 4. The zero-order valence-corrected chi connectivity index (χ0v) is 22.0. The van der Waals surface area contributed by atoms with Gasteiger partial charge in [-0.2, -0.15) is 4.98 Å². The molecule has 1 fully saturated rings. The van der Waals surface area contributed by atoms with Gasteiger partial charge in [0.2, 0.25) is 5.88 Å². The summed E-state index contributed by atoms with van der Waals surface area (Å²) in [6.07, 6.45) is 1.93. The van der Waals surface area contributed by atoms with Gasteiger partial charge in [-0.1, -0.05) is 12.1 Å². The highest BCUT2D eigenvalue weighted by atomic mass is 19.1. The minimum absolute atomic E-state index is 0.0417. The number of aryl methyl sites for hydroxylation is 1. The molecule has 0 saturated carbocycles. The number of carbonyl (C=O) groups excluding carboxylic acids is 1. The van der Waals surface area contributed by atoms with Crippen LogP contribution in [0.1, 0.15) is 34.0 Å². The maximum atomic E-state index is 14.4. The van der Waals surface area contributed by atoms with Gasteiger partial charge in [0.05, 0.1) is 14.2 Å². The zero-order valence-electron chi connectivity index (χ0n) is 22.0. The summed E-state index contributed by atoms with van der Waals surface area (Å²) in [7, 11) is 2.86. The Morgan fingerprint density at radius 2 is 1.80 bits per heavy atom. The third-order valence-corrected chi connectivity index (χ3v) is 6.94. The molecule has 40 heavy (non-hydrogen) atoms. The van der Waals surface area contributed by atoms with Crippen LogP contribution >= 0.6 is 0 Å². The first-order chi connectivity index (χ1) is 19.2. The van der Waals surface area contributed by atoms with E-state index in [2.05, 4.69) is 9.97 Å². The minimum Gasteiger partial charge on any atom is -0.494 e. The molecule has 5 rings (SSSR count). The van der Waals surface area contributed by atoms with Crippen LogP contribution in [0.2, 0.25) is 0 Å². The molecule has 1 aliphatic heterocycles. The van der Waals surface area contributed by atoms with Crippen LogP contribution in [0.15, 0.2) is 59.5 Å².